The van der Waals surface area contributed by atoms with Gasteiger partial charge in [0.1, 0.15) is 35.3 Å². The van der Waals surface area contributed by atoms with Gasteiger partial charge in [0.15, 0.2) is 11.4 Å². The van der Waals surface area contributed by atoms with Crippen LogP contribution in [0.25, 0.3) is 20.8 Å². The van der Waals surface area contributed by atoms with E-state index >= 15 is 0 Å². The Bertz CT molecular complexity index is 2950. The van der Waals surface area contributed by atoms with Crippen molar-refractivity contribution >= 4 is 51.8 Å². The van der Waals surface area contributed by atoms with Gasteiger partial charge in [-0.25, -0.2) is 48.3 Å². The summed E-state index contributed by atoms with van der Waals surface area (Å²) in [6, 6.07) is 19.6. The van der Waals surface area contributed by atoms with Crippen LogP contribution in [0.1, 0.15) is 78.4 Å². The molecule has 1 fully saturated rings. The van der Waals surface area contributed by atoms with E-state index in [0.29, 0.717) is 84.1 Å². The molecule has 0 amide bonds. The van der Waals surface area contributed by atoms with Crippen LogP contribution >= 0.6 is 15.9 Å². The van der Waals surface area contributed by atoms with Crippen molar-refractivity contribution in [3.8, 4) is 22.6 Å². The highest BCUT2D eigenvalue weighted by molar-refractivity contribution is 9.10. The number of benzene rings is 4. The van der Waals surface area contributed by atoms with Crippen molar-refractivity contribution in [1.82, 2.24) is 10.1 Å². The number of aliphatic imine (C=N–C) groups is 2. The van der Waals surface area contributed by atoms with E-state index in [2.05, 4.69) is 47.8 Å². The third kappa shape index (κ3) is 13.0. The first-order valence-electron chi connectivity index (χ1n) is 24.6. The maximum atomic E-state index is 14.6. The molecule has 0 saturated carbocycles. The van der Waals surface area contributed by atoms with Crippen LogP contribution in [-0.4, -0.2) is 92.1 Å². The van der Waals surface area contributed by atoms with Gasteiger partial charge >= 0.3 is 7.12 Å². The van der Waals surface area contributed by atoms with E-state index in [0.717, 1.165) is 21.4 Å². The van der Waals surface area contributed by atoms with E-state index in [1.807, 2.05) is 59.7 Å². The fourth-order valence-electron chi connectivity index (χ4n) is 9.52. The lowest BCUT2D eigenvalue weighted by Crippen LogP contribution is -2.48. The lowest BCUT2D eigenvalue weighted by Gasteiger charge is -2.39. The Balaban J connectivity index is 0.000000173. The lowest BCUT2D eigenvalue weighted by molar-refractivity contribution is -0.193. The van der Waals surface area contributed by atoms with Crippen LogP contribution in [0.5, 0.6) is 11.5 Å². The molecule has 5 aliphatic rings. The summed E-state index contributed by atoms with van der Waals surface area (Å²) >= 11 is 3.51. The maximum absolute atomic E-state index is 14.6. The first-order chi connectivity index (χ1) is 35.6. The Labute approximate surface area is 446 Å². The molecule has 6 N–H and O–H groups in total. The number of hydroxylamine groups is 4. The molecule has 0 aliphatic carbocycles. The Morgan fingerprint density at radius 2 is 1.23 bits per heavy atom. The monoisotopic (exact) mass is 1090 g/mol. The molecule has 9 rings (SSSR count). The number of hydrogen-bond donors (Lipinski definition) is 4. The van der Waals surface area contributed by atoms with Crippen molar-refractivity contribution in [3.63, 3.8) is 0 Å². The molecule has 75 heavy (non-hydrogen) atoms. The molecule has 20 heteroatoms. The van der Waals surface area contributed by atoms with Crippen LogP contribution in [0.2, 0.25) is 0 Å². The van der Waals surface area contributed by atoms with E-state index < -0.39 is 30.2 Å². The molecule has 5 heterocycles. The van der Waals surface area contributed by atoms with Gasteiger partial charge in [0.2, 0.25) is 23.4 Å². The normalized spacial score (nSPS) is 22.7. The minimum atomic E-state index is -1.13. The zero-order chi connectivity index (χ0) is 54.4. The second-order valence-electron chi connectivity index (χ2n) is 20.3. The molecular weight excluding hydrogens is 1030 g/mol. The number of fused-ring (bicyclic) bond motifs is 4. The molecule has 0 radical (unpaired) electrons. The first-order valence-corrected chi connectivity index (χ1v) is 25.4. The van der Waals surface area contributed by atoms with Crippen molar-refractivity contribution in [2.75, 3.05) is 40.5 Å². The zero-order valence-corrected chi connectivity index (χ0v) is 45.0. The number of hydrogen-bond acceptors (Lipinski definition) is 14. The van der Waals surface area contributed by atoms with Crippen molar-refractivity contribution in [2.24, 2.45) is 38.7 Å². The fourth-order valence-corrected chi connectivity index (χ4v) is 9.88. The average molecular weight is 1090 g/mol. The van der Waals surface area contributed by atoms with Gasteiger partial charge in [-0.05, 0) is 94.6 Å². The lowest BCUT2D eigenvalue weighted by atomic mass is 9.75. The third-order valence-electron chi connectivity index (χ3n) is 13.1. The number of rotatable bonds is 10. The largest absolute Gasteiger partial charge is 0.495 e. The van der Waals surface area contributed by atoms with Crippen molar-refractivity contribution in [3.05, 3.63) is 146 Å². The quantitative estimate of drug-likeness (QED) is 0.0670. The predicted molar refractivity (Wildman–Crippen MR) is 288 cm³/mol. The highest BCUT2D eigenvalue weighted by Crippen LogP contribution is 2.50. The minimum Gasteiger partial charge on any atom is -0.489 e. The minimum absolute atomic E-state index is 0.0237. The SMILES string of the molecule is CC(C)=CC(CCO)C1CC2(N=C(N)N(C)O2)c2cc(Br)ccc2O1.[C-]#[N+]c1ccc(F)c(-c2ccc3c(c2)C2(CC(C(C=C(C)C)CCO)O3)N=C(N)N(C)O2)c1.[C-]#[N+]c1ccc(F)c(B2OCC(C)(C)CO2)c1. The van der Waals surface area contributed by atoms with Crippen LogP contribution in [0.3, 0.4) is 0 Å². The molecule has 2 spiro atoms. The van der Waals surface area contributed by atoms with Gasteiger partial charge in [0.25, 0.3) is 0 Å². The summed E-state index contributed by atoms with van der Waals surface area (Å²) in [5, 5.41) is 22.0. The molecule has 0 aromatic heterocycles. The van der Waals surface area contributed by atoms with Crippen LogP contribution in [0.4, 0.5) is 20.2 Å². The fraction of sp³-hybridized carbons (Fsp3) is 0.418. The standard InChI is InChI=1S/C25H27FN4O3.C18H24BrN3O3.C12H13BFNO2/c1-15(2)11-17(9-10-31)23-14-25(29-24(27)30(4)33-25)20-12-16(5-8-22(20)32-23)19-13-18(28-3)6-7-21(19)26;1-11(2)8-12(6-7-23)16-10-18(21-17(20)22(3)25-18)14-9-13(19)4-5-15(14)24-16;1-12(2)7-16-13(17-8-12)10-6-9(15-3)4-5-11(10)14/h5-8,11-13,17,23,31H,9-10,14H2,1-2,4H3,(H2,27,29);4-5,8-9,12,16,23H,6-7,10H2,1-3H3,(H2,20,21);4-6H,7-8H2,1-2H3. The van der Waals surface area contributed by atoms with Gasteiger partial charge < -0.3 is 40.5 Å². The van der Waals surface area contributed by atoms with Crippen LogP contribution < -0.4 is 26.4 Å². The van der Waals surface area contributed by atoms with E-state index in [9.17, 15) is 19.0 Å². The molecule has 0 bridgehead atoms. The molecule has 5 aliphatic heterocycles. The van der Waals surface area contributed by atoms with E-state index in [4.69, 9.17) is 53.1 Å². The zero-order valence-electron chi connectivity index (χ0n) is 43.4. The summed E-state index contributed by atoms with van der Waals surface area (Å²) in [6.45, 7) is 27.5. The molecule has 4 aromatic carbocycles. The van der Waals surface area contributed by atoms with E-state index in [1.165, 1.54) is 52.1 Å². The number of guanidine groups is 2. The summed E-state index contributed by atoms with van der Waals surface area (Å²) in [6.07, 6.45) is 5.79. The highest BCUT2D eigenvalue weighted by Gasteiger charge is 2.51. The Hall–Kier alpha value is -6.36. The summed E-state index contributed by atoms with van der Waals surface area (Å²) in [4.78, 5) is 28.2. The Morgan fingerprint density at radius 3 is 1.69 bits per heavy atom. The Kier molecular flexibility index (Phi) is 17.8. The number of nitrogens with two attached hydrogens (primary N) is 2. The van der Waals surface area contributed by atoms with Gasteiger partial charge in [-0.2, -0.15) is 0 Å². The Morgan fingerprint density at radius 1 is 0.747 bits per heavy atom. The molecule has 6 unspecified atom stereocenters. The number of allylic oxidation sites excluding steroid dienone is 2. The topological polar surface area (TPSA) is 188 Å². The maximum Gasteiger partial charge on any atom is 0.495 e. The molecule has 4 aromatic rings. The molecule has 6 atom stereocenters. The van der Waals surface area contributed by atoms with Gasteiger partial charge in [0.05, 0.1) is 24.3 Å². The van der Waals surface area contributed by atoms with Crippen molar-refractivity contribution in [2.45, 2.75) is 90.9 Å². The predicted octanol–water partition coefficient (Wildman–Crippen LogP) is 9.56. The number of aliphatic hydroxyl groups is 2. The van der Waals surface area contributed by atoms with Crippen LogP contribution in [0, 0.1) is 42.0 Å². The van der Waals surface area contributed by atoms with Gasteiger partial charge in [-0.15, -0.1) is 0 Å². The van der Waals surface area contributed by atoms with Gasteiger partial charge in [-0.3, -0.25) is 0 Å². The van der Waals surface area contributed by atoms with Crippen molar-refractivity contribution in [1.29, 1.82) is 0 Å². The van der Waals surface area contributed by atoms with Gasteiger partial charge in [-0.1, -0.05) is 77.3 Å². The highest BCUT2D eigenvalue weighted by atomic mass is 79.9. The molecule has 16 nitrogen and oxygen atoms in total. The van der Waals surface area contributed by atoms with Crippen molar-refractivity contribution < 1.29 is 47.5 Å². The summed E-state index contributed by atoms with van der Waals surface area (Å²) in [7, 11) is 2.73. The second kappa shape index (κ2) is 23.7. The second-order valence-corrected chi connectivity index (χ2v) is 21.2. The van der Waals surface area contributed by atoms with Crippen LogP contribution in [-0.2, 0) is 30.4 Å². The molecule has 1 saturated heterocycles. The first kappa shape index (κ1) is 56.4. The molecule has 396 valence electrons. The number of aliphatic hydroxyl groups excluding tert-OH is 2. The van der Waals surface area contributed by atoms with E-state index in [1.54, 1.807) is 32.3 Å². The number of nitrogens with zero attached hydrogens (tertiary/aromatic N) is 6. The van der Waals surface area contributed by atoms with E-state index in [-0.39, 0.29) is 48.6 Å². The summed E-state index contributed by atoms with van der Waals surface area (Å²) in [5.41, 5.74) is 15.7. The summed E-state index contributed by atoms with van der Waals surface area (Å²) < 4.78 is 52.8. The summed E-state index contributed by atoms with van der Waals surface area (Å²) in [5.74, 6) is 1.05. The average Bonchev–Trinajstić information content (AvgIpc) is 3.82. The van der Waals surface area contributed by atoms with Gasteiger partial charge in [0, 0.05) is 86.1 Å². The number of ether oxygens (including phenoxy) is 2. The third-order valence-corrected chi connectivity index (χ3v) is 13.6. The number of halogens is 3. The smallest absolute Gasteiger partial charge is 0.489 e. The van der Waals surface area contributed by atoms with Crippen LogP contribution in [0.15, 0.2) is 111 Å². The molecular formula is C55H64BBrF2N8O8.